The maximum Gasteiger partial charge on any atom is 0.307 e. The molecule has 0 bridgehead atoms. The van der Waals surface area contributed by atoms with Crippen molar-refractivity contribution in [1.29, 1.82) is 0 Å². The zero-order valence-corrected chi connectivity index (χ0v) is 17.3. The van der Waals surface area contributed by atoms with E-state index in [0.717, 1.165) is 28.2 Å². The van der Waals surface area contributed by atoms with Gasteiger partial charge in [-0.1, -0.05) is 17.4 Å². The van der Waals surface area contributed by atoms with Crippen molar-refractivity contribution in [2.45, 2.75) is 19.9 Å². The summed E-state index contributed by atoms with van der Waals surface area (Å²) in [5, 5.41) is 1.77. The van der Waals surface area contributed by atoms with E-state index in [1.54, 1.807) is 31.6 Å². The van der Waals surface area contributed by atoms with E-state index in [2.05, 4.69) is 0 Å². The lowest BCUT2D eigenvalue weighted by Gasteiger charge is -2.28. The van der Waals surface area contributed by atoms with Gasteiger partial charge in [-0.15, -0.1) is 0 Å². The van der Waals surface area contributed by atoms with Crippen LogP contribution >= 0.6 is 11.3 Å². The summed E-state index contributed by atoms with van der Waals surface area (Å²) in [7, 11) is 4.81. The van der Waals surface area contributed by atoms with Crippen molar-refractivity contribution >= 4 is 22.8 Å². The minimum absolute atomic E-state index is 0.0624. The van der Waals surface area contributed by atoms with Crippen molar-refractivity contribution in [1.82, 2.24) is 9.47 Å². The SMILES string of the molecule is COc1cc(OC)c(C2=CCN(C(=O)Cn3c(C)csc3=O)CC2)c(OC)c1. The second kappa shape index (κ2) is 8.52. The zero-order valence-electron chi connectivity index (χ0n) is 16.5. The molecule has 1 amide bonds. The van der Waals surface area contributed by atoms with Crippen LogP contribution < -0.4 is 19.1 Å². The summed E-state index contributed by atoms with van der Waals surface area (Å²) >= 11 is 1.12. The molecule has 0 spiro atoms. The van der Waals surface area contributed by atoms with Crippen LogP contribution in [0.15, 0.2) is 28.4 Å². The summed E-state index contributed by atoms with van der Waals surface area (Å²) in [6, 6.07) is 3.64. The Bertz CT molecular complexity index is 935. The van der Waals surface area contributed by atoms with Crippen LogP contribution in [0.2, 0.25) is 0 Å². The van der Waals surface area contributed by atoms with E-state index >= 15 is 0 Å². The number of carbonyl (C=O) groups is 1. The molecule has 0 unspecified atom stereocenters. The number of carbonyl (C=O) groups excluding carboxylic acids is 1. The quantitative estimate of drug-likeness (QED) is 0.740. The van der Waals surface area contributed by atoms with Crippen molar-refractivity contribution in [3.63, 3.8) is 0 Å². The Kier molecular flexibility index (Phi) is 6.08. The highest BCUT2D eigenvalue weighted by Gasteiger charge is 2.23. The van der Waals surface area contributed by atoms with Crippen molar-refractivity contribution in [2.24, 2.45) is 0 Å². The first-order valence-electron chi connectivity index (χ1n) is 8.90. The number of ether oxygens (including phenoxy) is 3. The van der Waals surface area contributed by atoms with Gasteiger partial charge in [0.15, 0.2) is 0 Å². The van der Waals surface area contributed by atoms with Gasteiger partial charge in [0.1, 0.15) is 23.8 Å². The van der Waals surface area contributed by atoms with E-state index in [1.807, 2.05) is 25.1 Å². The highest BCUT2D eigenvalue weighted by molar-refractivity contribution is 7.07. The number of amides is 1. The normalized spacial score (nSPS) is 13.9. The molecule has 1 aliphatic heterocycles. The molecular formula is C20H24N2O5S. The van der Waals surface area contributed by atoms with Crippen LogP contribution in [0.25, 0.3) is 5.57 Å². The third kappa shape index (κ3) is 3.91. The lowest BCUT2D eigenvalue weighted by molar-refractivity contribution is -0.131. The largest absolute Gasteiger partial charge is 0.496 e. The molecule has 150 valence electrons. The van der Waals surface area contributed by atoms with Crippen LogP contribution in [0.5, 0.6) is 17.2 Å². The molecule has 8 heteroatoms. The molecule has 0 radical (unpaired) electrons. The van der Waals surface area contributed by atoms with Gasteiger partial charge in [-0.2, -0.15) is 0 Å². The number of rotatable bonds is 6. The monoisotopic (exact) mass is 404 g/mol. The predicted molar refractivity (Wildman–Crippen MR) is 109 cm³/mol. The lowest BCUT2D eigenvalue weighted by atomic mass is 9.97. The van der Waals surface area contributed by atoms with Gasteiger partial charge in [-0.25, -0.2) is 0 Å². The molecule has 0 saturated carbocycles. The second-order valence-corrected chi connectivity index (χ2v) is 7.28. The van der Waals surface area contributed by atoms with E-state index in [4.69, 9.17) is 14.2 Å². The van der Waals surface area contributed by atoms with E-state index in [0.29, 0.717) is 36.8 Å². The van der Waals surface area contributed by atoms with Crippen LogP contribution in [-0.4, -0.2) is 49.8 Å². The predicted octanol–water partition coefficient (Wildman–Crippen LogP) is 2.56. The Balaban J connectivity index is 1.80. The lowest BCUT2D eigenvalue weighted by Crippen LogP contribution is -2.38. The average molecular weight is 404 g/mol. The highest BCUT2D eigenvalue weighted by Crippen LogP contribution is 2.40. The van der Waals surface area contributed by atoms with Crippen molar-refractivity contribution in [3.05, 3.63) is 44.5 Å². The molecule has 28 heavy (non-hydrogen) atoms. The molecule has 1 aromatic carbocycles. The molecule has 0 atom stereocenters. The van der Waals surface area contributed by atoms with Gasteiger partial charge in [0.05, 0.1) is 26.9 Å². The molecular weight excluding hydrogens is 380 g/mol. The van der Waals surface area contributed by atoms with Crippen LogP contribution in [0, 0.1) is 6.92 Å². The average Bonchev–Trinajstić information content (AvgIpc) is 3.04. The Morgan fingerprint density at radius 2 is 1.82 bits per heavy atom. The molecule has 2 aromatic rings. The second-order valence-electron chi connectivity index (χ2n) is 6.46. The summed E-state index contributed by atoms with van der Waals surface area (Å²) in [5.41, 5.74) is 2.75. The molecule has 1 aliphatic rings. The van der Waals surface area contributed by atoms with E-state index < -0.39 is 0 Å². The van der Waals surface area contributed by atoms with Crippen molar-refractivity contribution in [2.75, 3.05) is 34.4 Å². The molecule has 0 saturated heterocycles. The molecule has 0 fully saturated rings. The number of aromatic nitrogens is 1. The first-order chi connectivity index (χ1) is 13.5. The smallest absolute Gasteiger partial charge is 0.307 e. The van der Waals surface area contributed by atoms with Gasteiger partial charge < -0.3 is 19.1 Å². The minimum atomic E-state index is -0.105. The van der Waals surface area contributed by atoms with Crippen LogP contribution in [0.4, 0.5) is 0 Å². The fourth-order valence-electron chi connectivity index (χ4n) is 3.28. The maximum atomic E-state index is 12.6. The van der Waals surface area contributed by atoms with Gasteiger partial charge in [0.25, 0.3) is 0 Å². The topological polar surface area (TPSA) is 70.0 Å². The molecule has 2 heterocycles. The number of methoxy groups -OCH3 is 3. The number of aryl methyl sites for hydroxylation is 1. The van der Waals surface area contributed by atoms with E-state index in [9.17, 15) is 9.59 Å². The van der Waals surface area contributed by atoms with Gasteiger partial charge in [0, 0.05) is 36.3 Å². The molecule has 3 rings (SSSR count). The molecule has 0 N–H and O–H groups in total. The van der Waals surface area contributed by atoms with Crippen molar-refractivity contribution < 1.29 is 19.0 Å². The minimum Gasteiger partial charge on any atom is -0.496 e. The van der Waals surface area contributed by atoms with Crippen LogP contribution in [0.3, 0.4) is 0 Å². The number of thiazole rings is 1. The van der Waals surface area contributed by atoms with Crippen LogP contribution in [-0.2, 0) is 11.3 Å². The summed E-state index contributed by atoms with van der Waals surface area (Å²) < 4.78 is 17.9. The van der Waals surface area contributed by atoms with Crippen LogP contribution in [0.1, 0.15) is 17.7 Å². The first kappa shape index (κ1) is 20.0. The number of benzene rings is 1. The summed E-state index contributed by atoms with van der Waals surface area (Å²) in [6.07, 6.45) is 2.68. The Morgan fingerprint density at radius 3 is 2.29 bits per heavy atom. The molecule has 0 aliphatic carbocycles. The number of nitrogens with zero attached hydrogens (tertiary/aromatic N) is 2. The van der Waals surface area contributed by atoms with E-state index in [1.165, 1.54) is 4.57 Å². The Hall–Kier alpha value is -2.74. The summed E-state index contributed by atoms with van der Waals surface area (Å²) in [4.78, 5) is 26.1. The zero-order chi connectivity index (χ0) is 20.3. The number of hydrogen-bond acceptors (Lipinski definition) is 6. The Morgan fingerprint density at radius 1 is 1.14 bits per heavy atom. The standard InChI is InChI=1S/C20H24N2O5S/c1-13-12-28-20(24)22(13)11-18(23)21-7-5-14(6-8-21)19-16(26-3)9-15(25-2)10-17(19)27-4/h5,9-10,12H,6-8,11H2,1-4H3. The fourth-order valence-corrected chi connectivity index (χ4v) is 4.01. The van der Waals surface area contributed by atoms with Gasteiger partial charge in [-0.3, -0.25) is 14.2 Å². The highest BCUT2D eigenvalue weighted by atomic mass is 32.1. The first-order valence-corrected chi connectivity index (χ1v) is 9.78. The summed E-state index contributed by atoms with van der Waals surface area (Å²) in [5.74, 6) is 1.93. The van der Waals surface area contributed by atoms with Gasteiger partial charge >= 0.3 is 4.87 Å². The summed E-state index contributed by atoms with van der Waals surface area (Å²) in [6.45, 7) is 2.96. The maximum absolute atomic E-state index is 12.6. The van der Waals surface area contributed by atoms with Crippen molar-refractivity contribution in [3.8, 4) is 17.2 Å². The van der Waals surface area contributed by atoms with E-state index in [-0.39, 0.29) is 17.3 Å². The molecule has 1 aromatic heterocycles. The molecule has 7 nitrogen and oxygen atoms in total. The third-order valence-electron chi connectivity index (χ3n) is 4.87. The Labute approximate surface area is 167 Å². The van der Waals surface area contributed by atoms with Gasteiger partial charge in [-0.05, 0) is 18.9 Å². The van der Waals surface area contributed by atoms with Gasteiger partial charge in [0.2, 0.25) is 5.91 Å². The fraction of sp³-hybridized carbons (Fsp3) is 0.400. The number of hydrogen-bond donors (Lipinski definition) is 0. The third-order valence-corrected chi connectivity index (χ3v) is 5.75.